The summed E-state index contributed by atoms with van der Waals surface area (Å²) in [6, 6.07) is 9.93. The number of sulfone groups is 1. The molecule has 0 fully saturated rings. The Morgan fingerprint density at radius 2 is 1.87 bits per heavy atom. The molecule has 5 nitrogen and oxygen atoms in total. The van der Waals surface area contributed by atoms with Gasteiger partial charge in [-0.2, -0.15) is 0 Å². The van der Waals surface area contributed by atoms with Crippen LogP contribution in [0.4, 0.5) is 0 Å². The van der Waals surface area contributed by atoms with E-state index >= 15 is 0 Å². The first-order chi connectivity index (χ1) is 10.7. The Kier molecular flexibility index (Phi) is 4.85. The number of hydrogen-bond donors (Lipinski definition) is 0. The average Bonchev–Trinajstić information content (AvgIpc) is 2.46. The molecule has 0 bridgehead atoms. The minimum Gasteiger partial charge on any atom is -0.268 e. The second-order valence-electron chi connectivity index (χ2n) is 5.71. The van der Waals surface area contributed by atoms with Crippen LogP contribution in [0.3, 0.4) is 0 Å². The van der Waals surface area contributed by atoms with Crippen LogP contribution < -0.4 is 5.49 Å². The van der Waals surface area contributed by atoms with Crippen molar-refractivity contribution >= 4 is 15.7 Å². The summed E-state index contributed by atoms with van der Waals surface area (Å²) < 4.78 is 24.9. The van der Waals surface area contributed by atoms with E-state index in [4.69, 9.17) is 0 Å². The van der Waals surface area contributed by atoms with E-state index in [1.165, 1.54) is 16.7 Å². The van der Waals surface area contributed by atoms with Gasteiger partial charge in [0.05, 0.1) is 4.90 Å². The molecular formula is C17H20N2O3S. The standard InChI is InChI=1S/C17H20N2O3S/c1-12(2)18-16-7-5-6-10-19(16)17(20)15-11-14(23(4,21)22)9-8-13(15)3/h5-12H,1-4H3. The molecule has 0 aliphatic heterocycles. The Morgan fingerprint density at radius 1 is 1.17 bits per heavy atom. The minimum absolute atomic E-state index is 0.0416. The molecule has 0 unspecified atom stereocenters. The molecule has 0 N–H and O–H groups in total. The largest absolute Gasteiger partial charge is 0.268 e. The fraction of sp³-hybridized carbons (Fsp3) is 0.294. The summed E-state index contributed by atoms with van der Waals surface area (Å²) >= 11 is 0. The molecule has 0 amide bonds. The van der Waals surface area contributed by atoms with Gasteiger partial charge in [0.25, 0.3) is 5.91 Å². The van der Waals surface area contributed by atoms with Crippen LogP contribution in [-0.2, 0) is 9.84 Å². The van der Waals surface area contributed by atoms with Gasteiger partial charge in [-0.3, -0.25) is 14.4 Å². The molecule has 0 radical (unpaired) electrons. The maximum atomic E-state index is 12.9. The van der Waals surface area contributed by atoms with Crippen molar-refractivity contribution in [3.05, 3.63) is 59.2 Å². The molecular weight excluding hydrogens is 312 g/mol. The maximum absolute atomic E-state index is 12.9. The van der Waals surface area contributed by atoms with Crippen molar-refractivity contribution in [3.63, 3.8) is 0 Å². The number of carbonyl (C=O) groups is 1. The normalized spacial score (nSPS) is 12.7. The molecule has 0 saturated carbocycles. The van der Waals surface area contributed by atoms with E-state index in [0.717, 1.165) is 6.26 Å². The Hall–Kier alpha value is -2.21. The van der Waals surface area contributed by atoms with Crippen molar-refractivity contribution in [2.75, 3.05) is 6.26 Å². The van der Waals surface area contributed by atoms with Crippen LogP contribution in [-0.4, -0.2) is 31.2 Å². The highest BCUT2D eigenvalue weighted by atomic mass is 32.2. The van der Waals surface area contributed by atoms with Gasteiger partial charge < -0.3 is 0 Å². The number of carbonyl (C=O) groups excluding carboxylic acids is 1. The monoisotopic (exact) mass is 332 g/mol. The molecule has 23 heavy (non-hydrogen) atoms. The van der Waals surface area contributed by atoms with E-state index in [0.29, 0.717) is 16.6 Å². The van der Waals surface area contributed by atoms with Crippen LogP contribution >= 0.6 is 0 Å². The van der Waals surface area contributed by atoms with Gasteiger partial charge in [0.2, 0.25) is 0 Å². The number of aryl methyl sites for hydroxylation is 1. The quantitative estimate of drug-likeness (QED) is 0.865. The number of benzene rings is 1. The predicted molar refractivity (Wildman–Crippen MR) is 89.1 cm³/mol. The molecule has 2 rings (SSSR count). The first kappa shape index (κ1) is 17.1. The first-order valence-electron chi connectivity index (χ1n) is 7.27. The van der Waals surface area contributed by atoms with E-state index in [-0.39, 0.29) is 16.8 Å². The summed E-state index contributed by atoms with van der Waals surface area (Å²) in [7, 11) is -3.37. The molecule has 0 aliphatic carbocycles. The van der Waals surface area contributed by atoms with Gasteiger partial charge in [0, 0.05) is 24.1 Å². The average molecular weight is 332 g/mol. The summed E-state index contributed by atoms with van der Waals surface area (Å²) in [6.45, 7) is 5.64. The molecule has 1 aromatic carbocycles. The van der Waals surface area contributed by atoms with E-state index in [1.807, 2.05) is 19.9 Å². The lowest BCUT2D eigenvalue weighted by Gasteiger charge is -2.10. The molecule has 0 aliphatic rings. The van der Waals surface area contributed by atoms with Crippen LogP contribution in [0.1, 0.15) is 29.8 Å². The van der Waals surface area contributed by atoms with Crippen molar-refractivity contribution < 1.29 is 13.2 Å². The number of nitrogens with zero attached hydrogens (tertiary/aromatic N) is 2. The molecule has 0 saturated heterocycles. The number of pyridine rings is 1. The first-order valence-corrected chi connectivity index (χ1v) is 9.16. The third-order valence-corrected chi connectivity index (χ3v) is 4.43. The minimum atomic E-state index is -3.37. The topological polar surface area (TPSA) is 68.5 Å². The summed E-state index contributed by atoms with van der Waals surface area (Å²) in [5, 5.41) is 0. The fourth-order valence-corrected chi connectivity index (χ4v) is 2.81. The molecule has 0 atom stereocenters. The van der Waals surface area contributed by atoms with E-state index in [1.54, 1.807) is 31.3 Å². The van der Waals surface area contributed by atoms with Crippen molar-refractivity contribution in [1.29, 1.82) is 0 Å². The van der Waals surface area contributed by atoms with Gasteiger partial charge in [-0.05, 0) is 50.6 Å². The Morgan fingerprint density at radius 3 is 2.48 bits per heavy atom. The zero-order valence-corrected chi connectivity index (χ0v) is 14.5. The Bertz CT molecular complexity index is 909. The van der Waals surface area contributed by atoms with Crippen LogP contribution in [0.25, 0.3) is 0 Å². The molecule has 6 heteroatoms. The lowest BCUT2D eigenvalue weighted by molar-refractivity contribution is 0.0953. The van der Waals surface area contributed by atoms with Gasteiger partial charge in [0.1, 0.15) is 5.49 Å². The van der Waals surface area contributed by atoms with Gasteiger partial charge >= 0.3 is 0 Å². The summed E-state index contributed by atoms with van der Waals surface area (Å²) in [5.74, 6) is -0.298. The van der Waals surface area contributed by atoms with E-state index < -0.39 is 9.84 Å². The van der Waals surface area contributed by atoms with E-state index in [9.17, 15) is 13.2 Å². The predicted octanol–water partition coefficient (Wildman–Crippen LogP) is 2.20. The van der Waals surface area contributed by atoms with Gasteiger partial charge in [-0.15, -0.1) is 0 Å². The second kappa shape index (κ2) is 6.50. The number of rotatable bonds is 3. The van der Waals surface area contributed by atoms with Gasteiger partial charge in [-0.1, -0.05) is 12.1 Å². The zero-order chi connectivity index (χ0) is 17.2. The van der Waals surface area contributed by atoms with Crippen molar-refractivity contribution in [2.45, 2.75) is 31.7 Å². The highest BCUT2D eigenvalue weighted by Gasteiger charge is 2.16. The Labute approximate surface area is 136 Å². The fourth-order valence-electron chi connectivity index (χ4n) is 2.17. The number of aromatic nitrogens is 1. The molecule has 2 aromatic rings. The Balaban J connectivity index is 2.63. The van der Waals surface area contributed by atoms with Gasteiger partial charge in [0.15, 0.2) is 9.84 Å². The third-order valence-electron chi connectivity index (χ3n) is 3.32. The molecule has 1 aromatic heterocycles. The summed E-state index contributed by atoms with van der Waals surface area (Å²) in [5.41, 5.74) is 1.61. The van der Waals surface area contributed by atoms with E-state index in [2.05, 4.69) is 4.99 Å². The smallest absolute Gasteiger partial charge is 0.263 e. The summed E-state index contributed by atoms with van der Waals surface area (Å²) in [4.78, 5) is 17.4. The SMILES string of the molecule is Cc1ccc(S(C)(=O)=O)cc1C(=O)n1ccccc1=NC(C)C. The highest BCUT2D eigenvalue weighted by molar-refractivity contribution is 7.90. The maximum Gasteiger partial charge on any atom is 0.263 e. The van der Waals surface area contributed by atoms with Crippen LogP contribution in [0.15, 0.2) is 52.5 Å². The zero-order valence-electron chi connectivity index (χ0n) is 13.6. The van der Waals surface area contributed by atoms with Crippen molar-refractivity contribution in [2.24, 2.45) is 4.99 Å². The van der Waals surface area contributed by atoms with Crippen LogP contribution in [0.2, 0.25) is 0 Å². The van der Waals surface area contributed by atoms with Crippen molar-refractivity contribution in [3.8, 4) is 0 Å². The third kappa shape index (κ3) is 3.96. The number of hydrogen-bond acceptors (Lipinski definition) is 4. The van der Waals surface area contributed by atoms with Crippen molar-refractivity contribution in [1.82, 2.24) is 4.57 Å². The lowest BCUT2D eigenvalue weighted by Crippen LogP contribution is -2.28. The highest BCUT2D eigenvalue weighted by Crippen LogP contribution is 2.16. The van der Waals surface area contributed by atoms with Crippen LogP contribution in [0, 0.1) is 6.92 Å². The van der Waals surface area contributed by atoms with Gasteiger partial charge in [-0.25, -0.2) is 8.42 Å². The molecule has 0 spiro atoms. The lowest BCUT2D eigenvalue weighted by atomic mass is 10.1. The summed E-state index contributed by atoms with van der Waals surface area (Å²) in [6.07, 6.45) is 2.76. The molecule has 122 valence electrons. The van der Waals surface area contributed by atoms with Crippen LogP contribution in [0.5, 0.6) is 0 Å². The second-order valence-corrected chi connectivity index (χ2v) is 7.72. The molecule has 1 heterocycles.